The first-order chi connectivity index (χ1) is 9.22. The fraction of sp³-hybridized carbons (Fsp3) is 0.429. The summed E-state index contributed by atoms with van der Waals surface area (Å²) in [6.45, 7) is 3.85. The van der Waals surface area contributed by atoms with E-state index in [2.05, 4.69) is 16.0 Å². The van der Waals surface area contributed by atoms with Gasteiger partial charge in [0.15, 0.2) is 0 Å². The Labute approximate surface area is 112 Å². The Bertz CT molecular complexity index is 474. The largest absolute Gasteiger partial charge is 0.355 e. The van der Waals surface area contributed by atoms with Crippen LogP contribution in [-0.2, 0) is 16.1 Å². The van der Waals surface area contributed by atoms with Crippen LogP contribution in [0.3, 0.4) is 0 Å². The molecular weight excluding hydrogens is 242 g/mol. The van der Waals surface area contributed by atoms with Gasteiger partial charge < -0.3 is 16.0 Å². The predicted octanol–water partition coefficient (Wildman–Crippen LogP) is 0.126. The minimum Gasteiger partial charge on any atom is -0.355 e. The fourth-order valence-electron chi connectivity index (χ4n) is 2.28. The molecule has 0 spiro atoms. The van der Waals surface area contributed by atoms with Crippen LogP contribution in [0.5, 0.6) is 0 Å². The minimum atomic E-state index is -0.223. The Morgan fingerprint density at radius 1 is 1.32 bits per heavy atom. The van der Waals surface area contributed by atoms with Crippen LogP contribution in [0.4, 0.5) is 0 Å². The highest BCUT2D eigenvalue weighted by Gasteiger charge is 2.25. The molecule has 1 aliphatic rings. The highest BCUT2D eigenvalue weighted by atomic mass is 16.2. The maximum atomic E-state index is 12.1. The highest BCUT2D eigenvalue weighted by molar-refractivity contribution is 5.89. The van der Waals surface area contributed by atoms with Crippen molar-refractivity contribution in [2.45, 2.75) is 19.4 Å². The Hall–Kier alpha value is -1.88. The third-order valence-corrected chi connectivity index (χ3v) is 3.21. The molecule has 1 atom stereocenters. The molecule has 2 rings (SSSR count). The van der Waals surface area contributed by atoms with E-state index in [4.69, 9.17) is 0 Å². The Morgan fingerprint density at radius 2 is 2.11 bits per heavy atom. The second-order valence-electron chi connectivity index (χ2n) is 4.55. The number of rotatable bonds is 4. The first kappa shape index (κ1) is 13.5. The molecule has 0 radical (unpaired) electrons. The summed E-state index contributed by atoms with van der Waals surface area (Å²) in [5.74, 6) is -0.488. The molecule has 1 unspecified atom stereocenters. The SMILES string of the molecule is CCNC(=O)CNC(=O)C1CNCc2ccccc21. The Morgan fingerprint density at radius 3 is 2.89 bits per heavy atom. The molecule has 0 saturated heterocycles. The lowest BCUT2D eigenvalue weighted by atomic mass is 9.90. The summed E-state index contributed by atoms with van der Waals surface area (Å²) < 4.78 is 0. The summed E-state index contributed by atoms with van der Waals surface area (Å²) in [5, 5.41) is 8.56. The average Bonchev–Trinajstić information content (AvgIpc) is 2.44. The molecule has 0 bridgehead atoms. The zero-order chi connectivity index (χ0) is 13.7. The van der Waals surface area contributed by atoms with E-state index >= 15 is 0 Å². The molecule has 2 amide bonds. The number of benzene rings is 1. The van der Waals surface area contributed by atoms with Crippen molar-refractivity contribution < 1.29 is 9.59 Å². The maximum absolute atomic E-state index is 12.1. The van der Waals surface area contributed by atoms with E-state index < -0.39 is 0 Å². The normalized spacial score (nSPS) is 17.4. The number of amides is 2. The van der Waals surface area contributed by atoms with Gasteiger partial charge in [-0.05, 0) is 18.1 Å². The van der Waals surface area contributed by atoms with E-state index in [0.29, 0.717) is 13.1 Å². The van der Waals surface area contributed by atoms with Crippen LogP contribution < -0.4 is 16.0 Å². The summed E-state index contributed by atoms with van der Waals surface area (Å²) in [6, 6.07) is 7.90. The van der Waals surface area contributed by atoms with E-state index in [0.717, 1.165) is 17.7 Å². The van der Waals surface area contributed by atoms with E-state index in [9.17, 15) is 9.59 Å². The van der Waals surface area contributed by atoms with Gasteiger partial charge in [-0.25, -0.2) is 0 Å². The van der Waals surface area contributed by atoms with Gasteiger partial charge >= 0.3 is 0 Å². The molecule has 1 aromatic carbocycles. The van der Waals surface area contributed by atoms with Gasteiger partial charge in [-0.3, -0.25) is 9.59 Å². The molecule has 0 aliphatic carbocycles. The number of nitrogens with one attached hydrogen (secondary N) is 3. The van der Waals surface area contributed by atoms with Gasteiger partial charge in [0, 0.05) is 19.6 Å². The summed E-state index contributed by atoms with van der Waals surface area (Å²) >= 11 is 0. The molecule has 1 aromatic rings. The topological polar surface area (TPSA) is 70.2 Å². The number of likely N-dealkylation sites (N-methyl/N-ethyl adjacent to an activating group) is 1. The van der Waals surface area contributed by atoms with Crippen molar-refractivity contribution in [1.29, 1.82) is 0 Å². The number of carbonyl (C=O) groups is 2. The van der Waals surface area contributed by atoms with Crippen molar-refractivity contribution in [3.8, 4) is 0 Å². The second kappa shape index (κ2) is 6.33. The van der Waals surface area contributed by atoms with Crippen LogP contribution in [0.15, 0.2) is 24.3 Å². The van der Waals surface area contributed by atoms with Crippen molar-refractivity contribution in [3.63, 3.8) is 0 Å². The monoisotopic (exact) mass is 261 g/mol. The third kappa shape index (κ3) is 3.32. The van der Waals surface area contributed by atoms with E-state index in [1.807, 2.05) is 31.2 Å². The van der Waals surface area contributed by atoms with Gasteiger partial charge in [0.25, 0.3) is 0 Å². The van der Waals surface area contributed by atoms with E-state index in [1.54, 1.807) is 0 Å². The van der Waals surface area contributed by atoms with Gasteiger partial charge in [0.1, 0.15) is 0 Å². The molecule has 1 heterocycles. The highest BCUT2D eigenvalue weighted by Crippen LogP contribution is 2.23. The van der Waals surface area contributed by atoms with Crippen LogP contribution in [0.1, 0.15) is 24.0 Å². The summed E-state index contributed by atoms with van der Waals surface area (Å²) in [5.41, 5.74) is 2.20. The number of fused-ring (bicyclic) bond motifs is 1. The standard InChI is InChI=1S/C14H19N3O2/c1-2-16-13(18)9-17-14(19)12-8-15-7-10-5-3-4-6-11(10)12/h3-6,12,15H,2,7-9H2,1H3,(H,16,18)(H,17,19). The average molecular weight is 261 g/mol. The first-order valence-electron chi connectivity index (χ1n) is 6.55. The lowest BCUT2D eigenvalue weighted by Crippen LogP contribution is -2.42. The molecular formula is C14H19N3O2. The number of hydrogen-bond donors (Lipinski definition) is 3. The zero-order valence-electron chi connectivity index (χ0n) is 11.0. The third-order valence-electron chi connectivity index (χ3n) is 3.21. The van der Waals surface area contributed by atoms with Gasteiger partial charge in [-0.2, -0.15) is 0 Å². The van der Waals surface area contributed by atoms with Crippen molar-refractivity contribution in [1.82, 2.24) is 16.0 Å². The first-order valence-corrected chi connectivity index (χ1v) is 6.55. The van der Waals surface area contributed by atoms with Gasteiger partial charge in [-0.15, -0.1) is 0 Å². The van der Waals surface area contributed by atoms with Crippen LogP contribution in [-0.4, -0.2) is 31.4 Å². The summed E-state index contributed by atoms with van der Waals surface area (Å²) in [7, 11) is 0. The second-order valence-corrected chi connectivity index (χ2v) is 4.55. The molecule has 5 nitrogen and oxygen atoms in total. The van der Waals surface area contributed by atoms with Gasteiger partial charge in [-0.1, -0.05) is 24.3 Å². The van der Waals surface area contributed by atoms with Crippen molar-refractivity contribution in [2.24, 2.45) is 0 Å². The molecule has 0 saturated carbocycles. The predicted molar refractivity (Wildman–Crippen MR) is 72.6 cm³/mol. The number of carbonyl (C=O) groups excluding carboxylic acids is 2. The summed E-state index contributed by atoms with van der Waals surface area (Å²) in [6.07, 6.45) is 0. The molecule has 5 heteroatoms. The fourth-order valence-corrected chi connectivity index (χ4v) is 2.28. The van der Waals surface area contributed by atoms with Crippen LogP contribution in [0, 0.1) is 0 Å². The molecule has 102 valence electrons. The lowest BCUT2D eigenvalue weighted by Gasteiger charge is -2.25. The smallest absolute Gasteiger partial charge is 0.239 e. The lowest BCUT2D eigenvalue weighted by molar-refractivity contribution is -0.127. The molecule has 1 aliphatic heterocycles. The van der Waals surface area contributed by atoms with Crippen LogP contribution in [0.25, 0.3) is 0 Å². The van der Waals surface area contributed by atoms with Gasteiger partial charge in [0.05, 0.1) is 12.5 Å². The van der Waals surface area contributed by atoms with Crippen molar-refractivity contribution in [2.75, 3.05) is 19.6 Å². The molecule has 3 N–H and O–H groups in total. The Balaban J connectivity index is 1.99. The minimum absolute atomic E-state index is 0.0331. The van der Waals surface area contributed by atoms with Crippen LogP contribution in [0.2, 0.25) is 0 Å². The van der Waals surface area contributed by atoms with Crippen molar-refractivity contribution in [3.05, 3.63) is 35.4 Å². The van der Waals surface area contributed by atoms with Gasteiger partial charge in [0.2, 0.25) is 11.8 Å². The quantitative estimate of drug-likeness (QED) is 0.721. The van der Waals surface area contributed by atoms with E-state index in [-0.39, 0.29) is 24.3 Å². The zero-order valence-corrected chi connectivity index (χ0v) is 11.0. The van der Waals surface area contributed by atoms with Crippen LogP contribution >= 0.6 is 0 Å². The van der Waals surface area contributed by atoms with E-state index in [1.165, 1.54) is 0 Å². The molecule has 0 aromatic heterocycles. The van der Waals surface area contributed by atoms with Crippen molar-refractivity contribution >= 4 is 11.8 Å². The maximum Gasteiger partial charge on any atom is 0.239 e. The Kier molecular flexibility index (Phi) is 4.52. The molecule has 19 heavy (non-hydrogen) atoms. The number of hydrogen-bond acceptors (Lipinski definition) is 3. The molecule has 0 fully saturated rings. The summed E-state index contributed by atoms with van der Waals surface area (Å²) in [4.78, 5) is 23.5.